The van der Waals surface area contributed by atoms with Gasteiger partial charge in [0.15, 0.2) is 0 Å². The molecular formula is C15H22N2O3. The molecule has 3 heterocycles. The summed E-state index contributed by atoms with van der Waals surface area (Å²) in [7, 11) is 0. The van der Waals surface area contributed by atoms with Gasteiger partial charge in [0, 0.05) is 24.7 Å². The Morgan fingerprint density at radius 2 is 2.30 bits per heavy atom. The zero-order valence-corrected chi connectivity index (χ0v) is 11.6. The second kappa shape index (κ2) is 5.97. The van der Waals surface area contributed by atoms with Crippen molar-refractivity contribution in [2.24, 2.45) is 5.92 Å². The highest BCUT2D eigenvalue weighted by atomic mass is 16.5. The fourth-order valence-corrected chi connectivity index (χ4v) is 3.48. The number of aliphatic hydroxyl groups excluding tert-OH is 1. The van der Waals surface area contributed by atoms with E-state index in [-0.39, 0.29) is 18.0 Å². The fraction of sp³-hybridized carbons (Fsp3) is 0.667. The number of carbonyl (C=O) groups excluding carboxylic acids is 1. The maximum Gasteiger partial charge on any atom is 0.354 e. The third-order valence-corrected chi connectivity index (χ3v) is 4.59. The summed E-state index contributed by atoms with van der Waals surface area (Å²) in [6, 6.07) is 3.84. The lowest BCUT2D eigenvalue weighted by Crippen LogP contribution is -2.54. The van der Waals surface area contributed by atoms with Crippen LogP contribution in [0, 0.1) is 5.92 Å². The first-order valence-electron chi connectivity index (χ1n) is 7.48. The van der Waals surface area contributed by atoms with Crippen molar-refractivity contribution in [1.82, 2.24) is 9.88 Å². The molecule has 20 heavy (non-hydrogen) atoms. The van der Waals surface area contributed by atoms with Gasteiger partial charge in [0.25, 0.3) is 0 Å². The van der Waals surface area contributed by atoms with Gasteiger partial charge < -0.3 is 14.8 Å². The predicted octanol–water partition coefficient (Wildman–Crippen LogP) is 1.41. The monoisotopic (exact) mass is 278 g/mol. The lowest BCUT2D eigenvalue weighted by molar-refractivity contribution is -0.0578. The number of nitrogens with zero attached hydrogens (tertiary/aromatic N) is 1. The molecule has 2 saturated heterocycles. The van der Waals surface area contributed by atoms with Crippen molar-refractivity contribution in [1.29, 1.82) is 0 Å². The number of carbonyl (C=O) groups is 1. The third kappa shape index (κ3) is 2.74. The second-order valence-corrected chi connectivity index (χ2v) is 5.80. The minimum absolute atomic E-state index is 0.0444. The van der Waals surface area contributed by atoms with Crippen LogP contribution in [0.1, 0.15) is 36.2 Å². The average molecular weight is 278 g/mol. The summed E-state index contributed by atoms with van der Waals surface area (Å²) in [5.41, 5.74) is 0.468. The van der Waals surface area contributed by atoms with Crippen LogP contribution in [0.5, 0.6) is 0 Å². The van der Waals surface area contributed by atoms with E-state index in [0.29, 0.717) is 18.3 Å². The maximum atomic E-state index is 11.9. The normalized spacial score (nSPS) is 30.8. The van der Waals surface area contributed by atoms with Crippen molar-refractivity contribution in [2.45, 2.75) is 37.8 Å². The number of esters is 1. The number of piperidine rings is 2. The van der Waals surface area contributed by atoms with Gasteiger partial charge in [-0.05, 0) is 37.9 Å². The molecule has 0 amide bonds. The van der Waals surface area contributed by atoms with Crippen LogP contribution in [0.15, 0.2) is 18.3 Å². The number of hydrogen-bond acceptors (Lipinski definition) is 4. The minimum atomic E-state index is -0.356. The van der Waals surface area contributed by atoms with E-state index in [9.17, 15) is 9.90 Å². The Kier molecular flexibility index (Phi) is 4.08. The van der Waals surface area contributed by atoms with Gasteiger partial charge in [-0.15, -0.1) is 0 Å². The molecule has 5 heteroatoms. The smallest absolute Gasteiger partial charge is 0.354 e. The van der Waals surface area contributed by atoms with Crippen molar-refractivity contribution in [3.63, 3.8) is 0 Å². The molecule has 110 valence electrons. The van der Waals surface area contributed by atoms with Gasteiger partial charge in [0.1, 0.15) is 5.69 Å². The van der Waals surface area contributed by atoms with E-state index in [4.69, 9.17) is 4.74 Å². The molecule has 3 atom stereocenters. The molecule has 2 N–H and O–H groups in total. The number of hydrogen-bond donors (Lipinski definition) is 2. The van der Waals surface area contributed by atoms with Crippen LogP contribution in [0.3, 0.4) is 0 Å². The van der Waals surface area contributed by atoms with Gasteiger partial charge in [0.05, 0.1) is 12.7 Å². The standard InChI is InChI=1S/C15H22N2O3/c18-14-6-9-17-8-2-1-5-13(17)11(14)10-20-15(19)12-4-3-7-16-12/h3-4,7,11,13-14,16,18H,1-2,5-6,8-10H2/t11-,13-,14+/m1/s1. The Bertz CT molecular complexity index is 446. The maximum absolute atomic E-state index is 11.9. The van der Waals surface area contributed by atoms with E-state index in [2.05, 4.69) is 9.88 Å². The second-order valence-electron chi connectivity index (χ2n) is 5.80. The molecule has 0 bridgehead atoms. The topological polar surface area (TPSA) is 65.6 Å². The number of aromatic amines is 1. The van der Waals surface area contributed by atoms with Gasteiger partial charge in [-0.2, -0.15) is 0 Å². The van der Waals surface area contributed by atoms with Crippen LogP contribution in [0.2, 0.25) is 0 Å². The summed E-state index contributed by atoms with van der Waals surface area (Å²) in [6.45, 7) is 2.38. The molecule has 0 aromatic carbocycles. The Balaban J connectivity index is 1.61. The van der Waals surface area contributed by atoms with E-state index in [1.807, 2.05) is 0 Å². The Labute approximate surface area is 118 Å². The van der Waals surface area contributed by atoms with E-state index in [1.165, 1.54) is 12.8 Å². The summed E-state index contributed by atoms with van der Waals surface area (Å²) in [6.07, 6.45) is 5.67. The predicted molar refractivity (Wildman–Crippen MR) is 74.4 cm³/mol. The van der Waals surface area contributed by atoms with Gasteiger partial charge in [0.2, 0.25) is 0 Å². The van der Waals surface area contributed by atoms with Crippen LogP contribution >= 0.6 is 0 Å². The van der Waals surface area contributed by atoms with Crippen LogP contribution in [-0.2, 0) is 4.74 Å². The van der Waals surface area contributed by atoms with Gasteiger partial charge >= 0.3 is 5.97 Å². The summed E-state index contributed by atoms with van der Waals surface area (Å²) >= 11 is 0. The number of aliphatic hydroxyl groups is 1. The summed E-state index contributed by atoms with van der Waals surface area (Å²) < 4.78 is 5.39. The lowest BCUT2D eigenvalue weighted by atomic mass is 9.82. The van der Waals surface area contributed by atoms with Crippen molar-refractivity contribution < 1.29 is 14.6 Å². The van der Waals surface area contributed by atoms with Crippen LogP contribution in [0.25, 0.3) is 0 Å². The first-order chi connectivity index (χ1) is 9.75. The number of H-pyrrole nitrogens is 1. The number of nitrogens with one attached hydrogen (secondary N) is 1. The molecule has 1 aromatic rings. The number of ether oxygens (including phenoxy) is 1. The molecule has 0 aliphatic carbocycles. The molecular weight excluding hydrogens is 256 g/mol. The van der Waals surface area contributed by atoms with Gasteiger partial charge in [-0.1, -0.05) is 6.42 Å². The Morgan fingerprint density at radius 1 is 1.40 bits per heavy atom. The molecule has 0 radical (unpaired) electrons. The zero-order valence-electron chi connectivity index (χ0n) is 11.6. The molecule has 1 aromatic heterocycles. The summed E-state index contributed by atoms with van der Waals surface area (Å²) in [5, 5.41) is 10.2. The highest BCUT2D eigenvalue weighted by Gasteiger charge is 2.38. The van der Waals surface area contributed by atoms with E-state index < -0.39 is 0 Å². The van der Waals surface area contributed by atoms with Crippen LogP contribution in [0.4, 0.5) is 0 Å². The van der Waals surface area contributed by atoms with E-state index >= 15 is 0 Å². The number of aromatic nitrogens is 1. The van der Waals surface area contributed by atoms with Gasteiger partial charge in [-0.25, -0.2) is 4.79 Å². The molecule has 0 unspecified atom stereocenters. The molecule has 2 fully saturated rings. The van der Waals surface area contributed by atoms with Crippen molar-refractivity contribution in [3.8, 4) is 0 Å². The van der Waals surface area contributed by atoms with Crippen molar-refractivity contribution in [2.75, 3.05) is 19.7 Å². The fourth-order valence-electron chi connectivity index (χ4n) is 3.48. The first-order valence-corrected chi connectivity index (χ1v) is 7.48. The van der Waals surface area contributed by atoms with Crippen LogP contribution in [-0.4, -0.2) is 52.8 Å². The first kappa shape index (κ1) is 13.6. The van der Waals surface area contributed by atoms with Crippen LogP contribution < -0.4 is 0 Å². The summed E-state index contributed by atoms with van der Waals surface area (Å²) in [5.74, 6) is -0.293. The Hall–Kier alpha value is -1.33. The molecule has 5 nitrogen and oxygen atoms in total. The number of fused-ring (bicyclic) bond motifs is 1. The van der Waals surface area contributed by atoms with E-state index in [0.717, 1.165) is 25.9 Å². The molecule has 3 rings (SSSR count). The highest BCUT2D eigenvalue weighted by Crippen LogP contribution is 2.31. The highest BCUT2D eigenvalue weighted by molar-refractivity contribution is 5.87. The SMILES string of the molecule is O=C(OC[C@@H]1[C@H]2CCCCN2CC[C@@H]1O)c1ccc[nH]1. The van der Waals surface area contributed by atoms with Crippen molar-refractivity contribution in [3.05, 3.63) is 24.0 Å². The average Bonchev–Trinajstić information content (AvgIpc) is 3.00. The molecule has 0 spiro atoms. The quantitative estimate of drug-likeness (QED) is 0.820. The van der Waals surface area contributed by atoms with Crippen molar-refractivity contribution >= 4 is 5.97 Å². The molecule has 2 aliphatic heterocycles. The summed E-state index contributed by atoms with van der Waals surface area (Å²) in [4.78, 5) is 17.2. The molecule has 2 aliphatic rings. The van der Waals surface area contributed by atoms with Gasteiger partial charge in [-0.3, -0.25) is 4.90 Å². The minimum Gasteiger partial charge on any atom is -0.461 e. The Morgan fingerprint density at radius 3 is 3.10 bits per heavy atom. The van der Waals surface area contributed by atoms with E-state index in [1.54, 1.807) is 18.3 Å². The lowest BCUT2D eigenvalue weighted by Gasteiger charge is -2.46. The zero-order chi connectivity index (χ0) is 13.9. The third-order valence-electron chi connectivity index (χ3n) is 4.59. The number of rotatable bonds is 3. The molecule has 0 saturated carbocycles. The largest absolute Gasteiger partial charge is 0.461 e.